The van der Waals surface area contributed by atoms with E-state index in [-0.39, 0.29) is 29.4 Å². The maximum Gasteiger partial charge on any atom is 0.339 e. The Balaban J connectivity index is 2.10. The van der Waals surface area contributed by atoms with Crippen LogP contribution in [0.15, 0.2) is 48.5 Å². The molecule has 0 aliphatic rings. The fourth-order valence-electron chi connectivity index (χ4n) is 2.42. The number of ether oxygens (including phenoxy) is 1. The summed E-state index contributed by atoms with van der Waals surface area (Å²) in [4.78, 5) is 49.7. The van der Waals surface area contributed by atoms with Gasteiger partial charge in [0, 0.05) is 25.2 Å². The molecule has 7 heteroatoms. The largest absolute Gasteiger partial charge is 0.452 e. The van der Waals surface area contributed by atoms with E-state index in [1.54, 1.807) is 24.3 Å². The predicted molar refractivity (Wildman–Crippen MR) is 103 cm³/mol. The van der Waals surface area contributed by atoms with Crippen molar-refractivity contribution in [1.82, 2.24) is 10.2 Å². The van der Waals surface area contributed by atoms with Crippen molar-refractivity contribution in [3.63, 3.8) is 0 Å². The molecule has 0 atom stereocenters. The van der Waals surface area contributed by atoms with Crippen molar-refractivity contribution in [3.05, 3.63) is 70.8 Å². The summed E-state index contributed by atoms with van der Waals surface area (Å²) in [6, 6.07) is 13.3. The van der Waals surface area contributed by atoms with Crippen LogP contribution in [0.4, 0.5) is 0 Å². The van der Waals surface area contributed by atoms with E-state index in [1.807, 2.05) is 19.1 Å². The van der Waals surface area contributed by atoms with Gasteiger partial charge in [0.15, 0.2) is 12.4 Å². The number of nitrogens with one attached hydrogen (secondary N) is 1. The Morgan fingerprint density at radius 2 is 1.57 bits per heavy atom. The maximum absolute atomic E-state index is 12.8. The Morgan fingerprint density at radius 1 is 0.964 bits per heavy atom. The van der Waals surface area contributed by atoms with Crippen LogP contribution >= 0.6 is 0 Å². The van der Waals surface area contributed by atoms with Crippen LogP contribution in [0.5, 0.6) is 0 Å². The minimum atomic E-state index is -0.780. The van der Waals surface area contributed by atoms with Gasteiger partial charge in [0.25, 0.3) is 5.91 Å². The molecule has 146 valence electrons. The van der Waals surface area contributed by atoms with Gasteiger partial charge in [0.1, 0.15) is 0 Å². The van der Waals surface area contributed by atoms with Gasteiger partial charge in [0.2, 0.25) is 5.91 Å². The molecule has 0 radical (unpaired) electrons. The first-order valence-electron chi connectivity index (χ1n) is 8.65. The monoisotopic (exact) mass is 382 g/mol. The highest BCUT2D eigenvalue weighted by atomic mass is 16.5. The first-order chi connectivity index (χ1) is 13.3. The molecule has 0 heterocycles. The molecule has 28 heavy (non-hydrogen) atoms. The number of carbonyl (C=O) groups is 4. The summed E-state index contributed by atoms with van der Waals surface area (Å²) >= 11 is 0. The summed E-state index contributed by atoms with van der Waals surface area (Å²) in [6.45, 7) is 1.24. The summed E-state index contributed by atoms with van der Waals surface area (Å²) in [5.74, 6) is -1.95. The van der Waals surface area contributed by atoms with Crippen LogP contribution in [0.2, 0.25) is 0 Å². The SMILES string of the molecule is CNC(=O)CN(C)C(=O)COC(=O)c1ccccc1C(=O)c1ccc(C)cc1. The quantitative estimate of drug-likeness (QED) is 0.580. The van der Waals surface area contributed by atoms with Crippen LogP contribution in [0.25, 0.3) is 0 Å². The first kappa shape index (κ1) is 20.8. The molecule has 7 nitrogen and oxygen atoms in total. The number of carbonyl (C=O) groups excluding carboxylic acids is 4. The van der Waals surface area contributed by atoms with Gasteiger partial charge in [-0.2, -0.15) is 0 Å². The van der Waals surface area contributed by atoms with Gasteiger partial charge < -0.3 is 15.0 Å². The molecular weight excluding hydrogens is 360 g/mol. The fourth-order valence-corrected chi connectivity index (χ4v) is 2.42. The number of likely N-dealkylation sites (N-methyl/N-ethyl adjacent to an activating group) is 2. The average Bonchev–Trinajstić information content (AvgIpc) is 2.71. The van der Waals surface area contributed by atoms with Gasteiger partial charge in [-0.1, -0.05) is 48.0 Å². The standard InChI is InChI=1S/C21H22N2O5/c1-14-8-10-15(11-9-14)20(26)16-6-4-5-7-17(16)21(27)28-13-19(25)23(3)12-18(24)22-2/h4-11H,12-13H2,1-3H3,(H,22,24). The molecule has 0 saturated heterocycles. The van der Waals surface area contributed by atoms with Gasteiger partial charge in [-0.3, -0.25) is 14.4 Å². The molecule has 2 amide bonds. The normalized spacial score (nSPS) is 10.1. The third-order valence-corrected chi connectivity index (χ3v) is 4.12. The van der Waals surface area contributed by atoms with Gasteiger partial charge >= 0.3 is 5.97 Å². The molecule has 1 N–H and O–H groups in total. The maximum atomic E-state index is 12.8. The van der Waals surface area contributed by atoms with Gasteiger partial charge in [-0.25, -0.2) is 4.79 Å². The second-order valence-corrected chi connectivity index (χ2v) is 6.24. The highest BCUT2D eigenvalue weighted by molar-refractivity contribution is 6.14. The molecule has 0 bridgehead atoms. The zero-order valence-electron chi connectivity index (χ0n) is 16.0. The van der Waals surface area contributed by atoms with E-state index in [9.17, 15) is 19.2 Å². The topological polar surface area (TPSA) is 92.8 Å². The molecule has 0 aromatic heterocycles. The smallest absolute Gasteiger partial charge is 0.339 e. The number of ketones is 1. The Morgan fingerprint density at radius 3 is 2.18 bits per heavy atom. The number of nitrogens with zero attached hydrogens (tertiary/aromatic N) is 1. The van der Waals surface area contributed by atoms with Crippen molar-refractivity contribution < 1.29 is 23.9 Å². The van der Waals surface area contributed by atoms with Crippen LogP contribution in [0.3, 0.4) is 0 Å². The summed E-state index contributed by atoms with van der Waals surface area (Å²) < 4.78 is 5.06. The zero-order valence-corrected chi connectivity index (χ0v) is 16.0. The van der Waals surface area contributed by atoms with E-state index in [1.165, 1.54) is 26.2 Å². The number of rotatable bonds is 7. The van der Waals surface area contributed by atoms with Crippen molar-refractivity contribution in [2.75, 3.05) is 27.2 Å². The molecule has 0 spiro atoms. The molecule has 0 aliphatic heterocycles. The Bertz CT molecular complexity index is 890. The second kappa shape index (κ2) is 9.45. The van der Waals surface area contributed by atoms with Crippen molar-refractivity contribution in [2.24, 2.45) is 0 Å². The summed E-state index contributed by atoms with van der Waals surface area (Å²) in [5.41, 5.74) is 1.74. The second-order valence-electron chi connectivity index (χ2n) is 6.24. The Labute approximate surface area is 163 Å². The minimum Gasteiger partial charge on any atom is -0.452 e. The van der Waals surface area contributed by atoms with Crippen molar-refractivity contribution in [1.29, 1.82) is 0 Å². The van der Waals surface area contributed by atoms with E-state index in [0.717, 1.165) is 10.5 Å². The number of amides is 2. The number of aryl methyl sites for hydroxylation is 1. The van der Waals surface area contributed by atoms with E-state index >= 15 is 0 Å². The molecular formula is C21H22N2O5. The van der Waals surface area contributed by atoms with E-state index in [0.29, 0.717) is 5.56 Å². The minimum absolute atomic E-state index is 0.0785. The highest BCUT2D eigenvalue weighted by Gasteiger charge is 2.21. The van der Waals surface area contributed by atoms with Crippen LogP contribution in [-0.4, -0.2) is 55.7 Å². The third kappa shape index (κ3) is 5.26. The number of esters is 1. The molecule has 0 aliphatic carbocycles. The van der Waals surface area contributed by atoms with Crippen molar-refractivity contribution >= 4 is 23.6 Å². The lowest BCUT2D eigenvalue weighted by Gasteiger charge is -2.16. The van der Waals surface area contributed by atoms with Gasteiger partial charge in [-0.15, -0.1) is 0 Å². The van der Waals surface area contributed by atoms with Crippen molar-refractivity contribution in [3.8, 4) is 0 Å². The van der Waals surface area contributed by atoms with Crippen LogP contribution in [0.1, 0.15) is 31.8 Å². The lowest BCUT2D eigenvalue weighted by Crippen LogP contribution is -2.39. The molecule has 0 fully saturated rings. The average molecular weight is 382 g/mol. The number of hydrogen-bond donors (Lipinski definition) is 1. The molecule has 0 saturated carbocycles. The van der Waals surface area contributed by atoms with Crippen molar-refractivity contribution in [2.45, 2.75) is 6.92 Å². The lowest BCUT2D eigenvalue weighted by atomic mass is 9.98. The fraction of sp³-hybridized carbons (Fsp3) is 0.238. The van der Waals surface area contributed by atoms with Gasteiger partial charge in [0.05, 0.1) is 12.1 Å². The Hall–Kier alpha value is -3.48. The van der Waals surface area contributed by atoms with Crippen LogP contribution in [-0.2, 0) is 14.3 Å². The molecule has 2 aromatic rings. The summed E-state index contributed by atoms with van der Waals surface area (Å²) in [7, 11) is 2.89. The molecule has 2 aromatic carbocycles. The van der Waals surface area contributed by atoms with E-state index in [4.69, 9.17) is 4.74 Å². The lowest BCUT2D eigenvalue weighted by molar-refractivity contribution is -0.137. The van der Waals surface area contributed by atoms with E-state index < -0.39 is 18.5 Å². The predicted octanol–water partition coefficient (Wildman–Crippen LogP) is 1.59. The Kier molecular flexibility index (Phi) is 7.03. The summed E-state index contributed by atoms with van der Waals surface area (Å²) in [5, 5.41) is 2.40. The highest BCUT2D eigenvalue weighted by Crippen LogP contribution is 2.16. The third-order valence-electron chi connectivity index (χ3n) is 4.12. The van der Waals surface area contributed by atoms with Crippen LogP contribution < -0.4 is 5.32 Å². The first-order valence-corrected chi connectivity index (χ1v) is 8.65. The van der Waals surface area contributed by atoms with Gasteiger partial charge in [-0.05, 0) is 13.0 Å². The van der Waals surface area contributed by atoms with Crippen LogP contribution in [0, 0.1) is 6.92 Å². The number of hydrogen-bond acceptors (Lipinski definition) is 5. The molecule has 0 unspecified atom stereocenters. The zero-order chi connectivity index (χ0) is 20.7. The van der Waals surface area contributed by atoms with E-state index in [2.05, 4.69) is 5.32 Å². The molecule has 2 rings (SSSR count). The summed E-state index contributed by atoms with van der Waals surface area (Å²) in [6.07, 6.45) is 0. The number of benzene rings is 2.